The van der Waals surface area contributed by atoms with Gasteiger partial charge in [0, 0.05) is 19.1 Å². The maximum Gasteiger partial charge on any atom is 0.323 e. The fourth-order valence-corrected chi connectivity index (χ4v) is 2.90. The molecule has 5 heteroatoms. The van der Waals surface area contributed by atoms with E-state index in [9.17, 15) is 9.90 Å². The van der Waals surface area contributed by atoms with Crippen LogP contribution in [0.15, 0.2) is 0 Å². The molecule has 112 valence electrons. The van der Waals surface area contributed by atoms with Crippen molar-refractivity contribution >= 4 is 5.97 Å². The lowest BCUT2D eigenvalue weighted by Gasteiger charge is -2.25. The van der Waals surface area contributed by atoms with Gasteiger partial charge in [-0.15, -0.1) is 0 Å². The number of nitrogens with one attached hydrogen (secondary N) is 1. The first-order chi connectivity index (χ1) is 8.80. The Labute approximate surface area is 117 Å². The van der Waals surface area contributed by atoms with Gasteiger partial charge in [-0.05, 0) is 53.4 Å². The molecule has 5 nitrogen and oxygen atoms in total. The molecule has 0 radical (unpaired) electrons. The van der Waals surface area contributed by atoms with Crippen LogP contribution in [0, 0.1) is 5.92 Å². The van der Waals surface area contributed by atoms with E-state index >= 15 is 0 Å². The number of hydrogen-bond acceptors (Lipinski definition) is 4. The molecule has 0 saturated carbocycles. The summed E-state index contributed by atoms with van der Waals surface area (Å²) in [5.74, 6) is -0.0823. The van der Waals surface area contributed by atoms with Crippen LogP contribution in [0.1, 0.15) is 26.7 Å². The van der Waals surface area contributed by atoms with Gasteiger partial charge >= 0.3 is 5.97 Å². The van der Waals surface area contributed by atoms with E-state index in [1.165, 1.54) is 0 Å². The van der Waals surface area contributed by atoms with Gasteiger partial charge in [-0.1, -0.05) is 6.92 Å². The Balaban J connectivity index is 2.37. The summed E-state index contributed by atoms with van der Waals surface area (Å²) in [6, 6.07) is 0.621. The third kappa shape index (κ3) is 4.16. The lowest BCUT2D eigenvalue weighted by Crippen LogP contribution is -2.47. The van der Waals surface area contributed by atoms with Crippen molar-refractivity contribution in [2.75, 3.05) is 40.8 Å². The van der Waals surface area contributed by atoms with Gasteiger partial charge in [0.2, 0.25) is 0 Å². The second-order valence-electron chi connectivity index (χ2n) is 6.26. The molecule has 0 aliphatic carbocycles. The molecule has 0 aromatic rings. The van der Waals surface area contributed by atoms with Gasteiger partial charge in [-0.25, -0.2) is 0 Å². The Morgan fingerprint density at radius 2 is 2.11 bits per heavy atom. The first-order valence-electron chi connectivity index (χ1n) is 7.11. The zero-order valence-electron chi connectivity index (χ0n) is 12.9. The molecule has 1 rings (SSSR count). The van der Waals surface area contributed by atoms with E-state index in [1.807, 2.05) is 0 Å². The fraction of sp³-hybridized carbons (Fsp3) is 0.929. The Kier molecular flexibility index (Phi) is 5.77. The van der Waals surface area contributed by atoms with Crippen LogP contribution in [0.4, 0.5) is 0 Å². The smallest absolute Gasteiger partial charge is 0.323 e. The van der Waals surface area contributed by atoms with E-state index in [-0.39, 0.29) is 0 Å². The second kappa shape index (κ2) is 6.68. The molecule has 3 unspecified atom stereocenters. The van der Waals surface area contributed by atoms with Gasteiger partial charge in [-0.3, -0.25) is 4.79 Å². The summed E-state index contributed by atoms with van der Waals surface area (Å²) < 4.78 is 0. The summed E-state index contributed by atoms with van der Waals surface area (Å²) in [5.41, 5.74) is -0.799. The molecule has 1 aliphatic rings. The maximum atomic E-state index is 11.2. The van der Waals surface area contributed by atoms with Gasteiger partial charge in [0.05, 0.1) is 0 Å². The van der Waals surface area contributed by atoms with Crippen molar-refractivity contribution in [1.29, 1.82) is 0 Å². The number of likely N-dealkylation sites (tertiary alicyclic amines) is 1. The van der Waals surface area contributed by atoms with E-state index in [0.29, 0.717) is 18.4 Å². The monoisotopic (exact) mass is 271 g/mol. The largest absolute Gasteiger partial charge is 0.480 e. The first-order valence-corrected chi connectivity index (χ1v) is 7.11. The van der Waals surface area contributed by atoms with Crippen molar-refractivity contribution in [3.63, 3.8) is 0 Å². The molecule has 1 aliphatic heterocycles. The molecule has 1 saturated heterocycles. The molecule has 1 heterocycles. The van der Waals surface area contributed by atoms with Crippen LogP contribution in [-0.2, 0) is 4.79 Å². The normalized spacial score (nSPS) is 27.7. The average Bonchev–Trinajstić information content (AvgIpc) is 2.70. The summed E-state index contributed by atoms with van der Waals surface area (Å²) in [6.07, 6.45) is 1.58. The van der Waals surface area contributed by atoms with Crippen LogP contribution in [0.3, 0.4) is 0 Å². The molecule has 3 atom stereocenters. The van der Waals surface area contributed by atoms with E-state index in [1.54, 1.807) is 14.0 Å². The zero-order chi connectivity index (χ0) is 14.6. The molecular weight excluding hydrogens is 242 g/mol. The fourth-order valence-electron chi connectivity index (χ4n) is 2.90. The number of likely N-dealkylation sites (N-methyl/N-ethyl adjacent to an activating group) is 2. The van der Waals surface area contributed by atoms with Crippen molar-refractivity contribution in [3.05, 3.63) is 0 Å². The number of carbonyl (C=O) groups is 1. The minimum Gasteiger partial charge on any atom is -0.480 e. The molecular formula is C14H29N3O2. The van der Waals surface area contributed by atoms with E-state index in [2.05, 4.69) is 36.1 Å². The van der Waals surface area contributed by atoms with E-state index in [0.717, 1.165) is 26.1 Å². The summed E-state index contributed by atoms with van der Waals surface area (Å²) in [6.45, 7) is 7.24. The maximum absolute atomic E-state index is 11.2. The van der Waals surface area contributed by atoms with Crippen LogP contribution in [0.5, 0.6) is 0 Å². The number of rotatable bonds is 7. The lowest BCUT2D eigenvalue weighted by atomic mass is 9.96. The van der Waals surface area contributed by atoms with Gasteiger partial charge in [-0.2, -0.15) is 0 Å². The molecule has 0 spiro atoms. The molecule has 1 fully saturated rings. The third-order valence-corrected chi connectivity index (χ3v) is 4.49. The van der Waals surface area contributed by atoms with Crippen molar-refractivity contribution < 1.29 is 9.90 Å². The van der Waals surface area contributed by atoms with Crippen LogP contribution in [0.25, 0.3) is 0 Å². The van der Waals surface area contributed by atoms with Crippen molar-refractivity contribution in [1.82, 2.24) is 15.1 Å². The Hall–Kier alpha value is -0.650. The molecule has 0 aromatic carbocycles. The minimum atomic E-state index is -0.799. The van der Waals surface area contributed by atoms with Crippen molar-refractivity contribution in [2.24, 2.45) is 5.92 Å². The van der Waals surface area contributed by atoms with Crippen LogP contribution in [-0.4, -0.2) is 73.2 Å². The summed E-state index contributed by atoms with van der Waals surface area (Å²) >= 11 is 0. The van der Waals surface area contributed by atoms with E-state index in [4.69, 9.17) is 0 Å². The number of aliphatic carboxylic acids is 1. The lowest BCUT2D eigenvalue weighted by molar-refractivity contribution is -0.144. The summed E-state index contributed by atoms with van der Waals surface area (Å²) in [7, 11) is 5.98. The number of carboxylic acids is 1. The highest BCUT2D eigenvalue weighted by Gasteiger charge is 2.33. The van der Waals surface area contributed by atoms with Crippen molar-refractivity contribution in [3.8, 4) is 0 Å². The number of nitrogens with zero attached hydrogens (tertiary/aromatic N) is 2. The van der Waals surface area contributed by atoms with E-state index < -0.39 is 11.5 Å². The summed E-state index contributed by atoms with van der Waals surface area (Å²) in [5, 5.41) is 12.1. The Morgan fingerprint density at radius 3 is 2.53 bits per heavy atom. The summed E-state index contributed by atoms with van der Waals surface area (Å²) in [4.78, 5) is 15.9. The quantitative estimate of drug-likeness (QED) is 0.714. The van der Waals surface area contributed by atoms with Gasteiger partial charge < -0.3 is 20.2 Å². The first kappa shape index (κ1) is 16.4. The second-order valence-corrected chi connectivity index (χ2v) is 6.26. The highest BCUT2D eigenvalue weighted by molar-refractivity contribution is 5.78. The standard InChI is InChI=1S/C14H29N3O2/c1-11-9-17(10-12(11)16(4)5)8-6-7-14(2,15-3)13(18)19/h11-12,15H,6-10H2,1-5H3,(H,18,19). The van der Waals surface area contributed by atoms with Crippen LogP contribution < -0.4 is 5.32 Å². The third-order valence-electron chi connectivity index (χ3n) is 4.49. The molecule has 2 N–H and O–H groups in total. The Bertz CT molecular complexity index is 309. The van der Waals surface area contributed by atoms with Gasteiger partial charge in [0.1, 0.15) is 5.54 Å². The van der Waals surface area contributed by atoms with Crippen molar-refractivity contribution in [2.45, 2.75) is 38.3 Å². The molecule has 0 amide bonds. The number of carboxylic acid groups (broad SMARTS) is 1. The molecule has 19 heavy (non-hydrogen) atoms. The molecule has 0 aromatic heterocycles. The minimum absolute atomic E-state index is 0.621. The number of hydrogen-bond donors (Lipinski definition) is 2. The SMILES string of the molecule is CNC(C)(CCCN1CC(C)C(N(C)C)C1)C(=O)O. The molecule has 0 bridgehead atoms. The highest BCUT2D eigenvalue weighted by atomic mass is 16.4. The van der Waals surface area contributed by atoms with Crippen LogP contribution >= 0.6 is 0 Å². The van der Waals surface area contributed by atoms with Crippen LogP contribution in [0.2, 0.25) is 0 Å². The van der Waals surface area contributed by atoms with Gasteiger partial charge in [0.25, 0.3) is 0 Å². The predicted octanol–water partition coefficient (Wildman–Crippen LogP) is 0.711. The highest BCUT2D eigenvalue weighted by Crippen LogP contribution is 2.21. The topological polar surface area (TPSA) is 55.8 Å². The predicted molar refractivity (Wildman–Crippen MR) is 77.4 cm³/mol. The average molecular weight is 271 g/mol. The van der Waals surface area contributed by atoms with Gasteiger partial charge in [0.15, 0.2) is 0 Å². The Morgan fingerprint density at radius 1 is 1.47 bits per heavy atom. The zero-order valence-corrected chi connectivity index (χ0v) is 12.9.